The van der Waals surface area contributed by atoms with Gasteiger partial charge in [0.2, 0.25) is 5.95 Å². The van der Waals surface area contributed by atoms with Crippen molar-refractivity contribution in [1.29, 1.82) is 0 Å². The van der Waals surface area contributed by atoms with Crippen molar-refractivity contribution in [2.75, 3.05) is 10.6 Å². The minimum Gasteiger partial charge on any atom is -0.337 e. The quantitative estimate of drug-likeness (QED) is 0.456. The molecule has 0 unspecified atom stereocenters. The number of rotatable bonds is 6. The maximum atomic E-state index is 14.1. The molecule has 0 aliphatic carbocycles. The van der Waals surface area contributed by atoms with Crippen LogP contribution in [0.15, 0.2) is 42.6 Å². The molecule has 29 heavy (non-hydrogen) atoms. The van der Waals surface area contributed by atoms with Crippen molar-refractivity contribution >= 4 is 34.5 Å². The SMILES string of the molecule is Cc1ccc(Nc2ncc(F)c(Nc3ccc(C)c([N+](=O)[O-])c3)n2)cc1[N+](=O)[O-]. The fourth-order valence-corrected chi connectivity index (χ4v) is 2.55. The average Bonchev–Trinajstić information content (AvgIpc) is 2.67. The van der Waals surface area contributed by atoms with Crippen LogP contribution in [0.3, 0.4) is 0 Å². The van der Waals surface area contributed by atoms with E-state index in [-0.39, 0.29) is 28.8 Å². The number of hydrogen-bond donors (Lipinski definition) is 2. The van der Waals surface area contributed by atoms with E-state index in [2.05, 4.69) is 20.6 Å². The Hall–Kier alpha value is -4.15. The number of hydrogen-bond acceptors (Lipinski definition) is 8. The second kappa shape index (κ2) is 7.84. The molecule has 1 heterocycles. The first-order valence-electron chi connectivity index (χ1n) is 8.31. The molecule has 0 saturated carbocycles. The fourth-order valence-electron chi connectivity index (χ4n) is 2.55. The summed E-state index contributed by atoms with van der Waals surface area (Å²) in [4.78, 5) is 28.9. The van der Waals surface area contributed by atoms with Gasteiger partial charge in [-0.25, -0.2) is 9.37 Å². The molecule has 0 bridgehead atoms. The lowest BCUT2D eigenvalue weighted by molar-refractivity contribution is -0.385. The van der Waals surface area contributed by atoms with Crippen LogP contribution in [0.4, 0.5) is 38.9 Å². The van der Waals surface area contributed by atoms with Crippen molar-refractivity contribution < 1.29 is 14.2 Å². The molecule has 0 saturated heterocycles. The van der Waals surface area contributed by atoms with Crippen molar-refractivity contribution in [2.24, 2.45) is 0 Å². The van der Waals surface area contributed by atoms with Gasteiger partial charge in [0.15, 0.2) is 11.6 Å². The van der Waals surface area contributed by atoms with Gasteiger partial charge in [-0.05, 0) is 26.0 Å². The first kappa shape index (κ1) is 19.6. The molecule has 0 aliphatic rings. The van der Waals surface area contributed by atoms with E-state index in [1.165, 1.54) is 18.2 Å². The van der Waals surface area contributed by atoms with E-state index in [1.807, 2.05) is 0 Å². The monoisotopic (exact) mass is 398 g/mol. The molecule has 2 N–H and O–H groups in total. The third kappa shape index (κ3) is 4.40. The Morgan fingerprint density at radius 3 is 1.93 bits per heavy atom. The Morgan fingerprint density at radius 1 is 0.897 bits per heavy atom. The summed E-state index contributed by atoms with van der Waals surface area (Å²) in [6.45, 7) is 3.20. The lowest BCUT2D eigenvalue weighted by atomic mass is 10.2. The van der Waals surface area contributed by atoms with Gasteiger partial charge >= 0.3 is 0 Å². The van der Waals surface area contributed by atoms with Crippen molar-refractivity contribution in [1.82, 2.24) is 9.97 Å². The highest BCUT2D eigenvalue weighted by Gasteiger charge is 2.15. The number of benzene rings is 2. The third-order valence-corrected chi connectivity index (χ3v) is 4.07. The first-order valence-corrected chi connectivity index (χ1v) is 8.31. The minimum absolute atomic E-state index is 0.00587. The standard InChI is InChI=1S/C18H15FN6O4/c1-10-3-5-12(7-15(10)24(26)27)21-17-14(19)9-20-18(23-17)22-13-6-4-11(2)16(8-13)25(28)29/h3-9H,1-2H3,(H2,20,21,22,23). The molecule has 0 amide bonds. The molecular weight excluding hydrogens is 383 g/mol. The van der Waals surface area contributed by atoms with E-state index in [4.69, 9.17) is 0 Å². The van der Waals surface area contributed by atoms with Crippen LogP contribution >= 0.6 is 0 Å². The fraction of sp³-hybridized carbons (Fsp3) is 0.111. The Labute approximate surface area is 163 Å². The molecular formula is C18H15FN6O4. The average molecular weight is 398 g/mol. The van der Waals surface area contributed by atoms with Crippen molar-refractivity contribution in [3.8, 4) is 0 Å². The zero-order chi connectivity index (χ0) is 21.1. The summed E-state index contributed by atoms with van der Waals surface area (Å²) in [6, 6.07) is 8.84. The number of anilines is 4. The lowest BCUT2D eigenvalue weighted by Crippen LogP contribution is -2.04. The van der Waals surface area contributed by atoms with Gasteiger partial charge in [0.25, 0.3) is 11.4 Å². The van der Waals surface area contributed by atoms with Crippen molar-refractivity contribution in [2.45, 2.75) is 13.8 Å². The number of halogens is 1. The maximum absolute atomic E-state index is 14.1. The highest BCUT2D eigenvalue weighted by molar-refractivity contribution is 5.64. The van der Waals surface area contributed by atoms with E-state index < -0.39 is 15.7 Å². The predicted molar refractivity (Wildman–Crippen MR) is 104 cm³/mol. The molecule has 3 rings (SSSR count). The van der Waals surface area contributed by atoms with Gasteiger partial charge < -0.3 is 10.6 Å². The number of aromatic nitrogens is 2. The summed E-state index contributed by atoms with van der Waals surface area (Å²) in [5.41, 5.74) is 1.38. The Kier molecular flexibility index (Phi) is 5.30. The maximum Gasteiger partial charge on any atom is 0.274 e. The van der Waals surface area contributed by atoms with Gasteiger partial charge in [-0.15, -0.1) is 0 Å². The van der Waals surface area contributed by atoms with Gasteiger partial charge in [-0.3, -0.25) is 20.2 Å². The molecule has 0 spiro atoms. The van der Waals surface area contributed by atoms with Crippen LogP contribution in [0.1, 0.15) is 11.1 Å². The van der Waals surface area contributed by atoms with Crippen LogP contribution in [0, 0.1) is 39.9 Å². The van der Waals surface area contributed by atoms with Gasteiger partial charge in [0.05, 0.1) is 16.0 Å². The summed E-state index contributed by atoms with van der Waals surface area (Å²) in [7, 11) is 0. The highest BCUT2D eigenvalue weighted by Crippen LogP contribution is 2.27. The third-order valence-electron chi connectivity index (χ3n) is 4.07. The molecule has 10 nitrogen and oxygen atoms in total. The summed E-state index contributed by atoms with van der Waals surface area (Å²) >= 11 is 0. The number of nitro benzene ring substituents is 2. The number of nitrogens with zero attached hydrogens (tertiary/aromatic N) is 4. The van der Waals surface area contributed by atoms with E-state index in [9.17, 15) is 24.6 Å². The second-order valence-corrected chi connectivity index (χ2v) is 6.16. The van der Waals surface area contributed by atoms with Crippen LogP contribution in [0.2, 0.25) is 0 Å². The molecule has 1 aromatic heterocycles. The van der Waals surface area contributed by atoms with Crippen LogP contribution in [0.25, 0.3) is 0 Å². The molecule has 0 aliphatic heterocycles. The topological polar surface area (TPSA) is 136 Å². The van der Waals surface area contributed by atoms with E-state index in [1.54, 1.807) is 32.0 Å². The molecule has 0 radical (unpaired) electrons. The van der Waals surface area contributed by atoms with Crippen LogP contribution < -0.4 is 10.6 Å². The van der Waals surface area contributed by atoms with E-state index in [0.29, 0.717) is 16.8 Å². The summed E-state index contributed by atoms with van der Waals surface area (Å²) in [5.74, 6) is -0.982. The van der Waals surface area contributed by atoms with Gasteiger partial charge in [0.1, 0.15) is 0 Å². The molecule has 0 atom stereocenters. The Balaban J connectivity index is 1.87. The predicted octanol–water partition coefficient (Wildman–Crippen LogP) is 4.54. The minimum atomic E-state index is -0.770. The normalized spacial score (nSPS) is 10.4. The summed E-state index contributed by atoms with van der Waals surface area (Å²) < 4.78 is 14.1. The molecule has 3 aromatic rings. The zero-order valence-electron chi connectivity index (χ0n) is 15.3. The van der Waals surface area contributed by atoms with Gasteiger partial charge in [0, 0.05) is 34.6 Å². The summed E-state index contributed by atoms with van der Waals surface area (Å²) in [6.07, 6.45) is 0.920. The molecule has 11 heteroatoms. The van der Waals surface area contributed by atoms with E-state index >= 15 is 0 Å². The van der Waals surface area contributed by atoms with Gasteiger partial charge in [-0.1, -0.05) is 12.1 Å². The summed E-state index contributed by atoms with van der Waals surface area (Å²) in [5, 5.41) is 27.6. The molecule has 0 fully saturated rings. The lowest BCUT2D eigenvalue weighted by Gasteiger charge is -2.10. The highest BCUT2D eigenvalue weighted by atomic mass is 19.1. The van der Waals surface area contributed by atoms with Crippen LogP contribution in [-0.2, 0) is 0 Å². The molecule has 2 aromatic carbocycles. The van der Waals surface area contributed by atoms with Crippen LogP contribution in [0.5, 0.6) is 0 Å². The van der Waals surface area contributed by atoms with Gasteiger partial charge in [-0.2, -0.15) is 4.98 Å². The first-order chi connectivity index (χ1) is 13.7. The smallest absolute Gasteiger partial charge is 0.274 e. The van der Waals surface area contributed by atoms with Crippen LogP contribution in [-0.4, -0.2) is 19.8 Å². The largest absolute Gasteiger partial charge is 0.337 e. The zero-order valence-corrected chi connectivity index (χ0v) is 15.3. The second-order valence-electron chi connectivity index (χ2n) is 6.16. The number of aryl methyl sites for hydroxylation is 2. The number of nitro groups is 2. The Bertz CT molecular complexity index is 1120. The molecule has 148 valence electrons. The van der Waals surface area contributed by atoms with Crippen molar-refractivity contribution in [3.05, 3.63) is 79.8 Å². The van der Waals surface area contributed by atoms with Crippen molar-refractivity contribution in [3.63, 3.8) is 0 Å². The number of nitrogens with one attached hydrogen (secondary N) is 2. The Morgan fingerprint density at radius 2 is 1.41 bits per heavy atom. The van der Waals surface area contributed by atoms with E-state index in [0.717, 1.165) is 6.20 Å².